The first-order chi connectivity index (χ1) is 12.6. The molecule has 140 valence electrons. The second kappa shape index (κ2) is 8.49. The minimum Gasteiger partial charge on any atom is -0.466 e. The molecular formula is C21H28N2O3. The van der Waals surface area contributed by atoms with Gasteiger partial charge in [0.25, 0.3) is 0 Å². The molecule has 1 aliphatic heterocycles. The molecule has 0 amide bonds. The SMILES string of the molecule is CCOC(=O)CC1CCCCN1Cc1nc(-c2ccccc2C)oc1C. The molecule has 2 heterocycles. The van der Waals surface area contributed by atoms with Crippen molar-refractivity contribution in [1.29, 1.82) is 0 Å². The van der Waals surface area contributed by atoms with Crippen molar-refractivity contribution in [2.24, 2.45) is 0 Å². The van der Waals surface area contributed by atoms with E-state index >= 15 is 0 Å². The van der Waals surface area contributed by atoms with E-state index < -0.39 is 0 Å². The molecule has 3 rings (SSSR count). The van der Waals surface area contributed by atoms with Gasteiger partial charge in [0.2, 0.25) is 5.89 Å². The lowest BCUT2D eigenvalue weighted by Gasteiger charge is -2.34. The van der Waals surface area contributed by atoms with E-state index in [1.54, 1.807) is 0 Å². The quantitative estimate of drug-likeness (QED) is 0.724. The van der Waals surface area contributed by atoms with Gasteiger partial charge in [-0.1, -0.05) is 24.6 Å². The molecule has 26 heavy (non-hydrogen) atoms. The fraction of sp³-hybridized carbons (Fsp3) is 0.524. The van der Waals surface area contributed by atoms with Crippen LogP contribution in [-0.2, 0) is 16.1 Å². The first-order valence-electron chi connectivity index (χ1n) is 9.50. The standard InChI is InChI=1S/C21H28N2O3/c1-4-25-20(24)13-17-10-7-8-12-23(17)14-19-16(3)26-21(22-19)18-11-6-5-9-15(18)2/h5-6,9,11,17H,4,7-8,10,12-14H2,1-3H3. The van der Waals surface area contributed by atoms with Crippen LogP contribution < -0.4 is 0 Å². The van der Waals surface area contributed by atoms with E-state index in [1.807, 2.05) is 32.0 Å². The van der Waals surface area contributed by atoms with Crippen LogP contribution in [0.4, 0.5) is 0 Å². The minimum absolute atomic E-state index is 0.109. The topological polar surface area (TPSA) is 55.6 Å². The molecule has 5 nitrogen and oxygen atoms in total. The predicted molar refractivity (Wildman–Crippen MR) is 101 cm³/mol. The Bertz CT molecular complexity index is 753. The molecule has 0 bridgehead atoms. The molecule has 1 atom stereocenters. The lowest BCUT2D eigenvalue weighted by atomic mass is 9.99. The summed E-state index contributed by atoms with van der Waals surface area (Å²) < 4.78 is 11.1. The summed E-state index contributed by atoms with van der Waals surface area (Å²) in [6.45, 7) is 8.01. The highest BCUT2D eigenvalue weighted by atomic mass is 16.5. The smallest absolute Gasteiger partial charge is 0.307 e. The number of benzene rings is 1. The number of ether oxygens (including phenoxy) is 1. The van der Waals surface area contributed by atoms with Crippen LogP contribution >= 0.6 is 0 Å². The maximum Gasteiger partial charge on any atom is 0.307 e. The molecule has 1 unspecified atom stereocenters. The van der Waals surface area contributed by atoms with Crippen LogP contribution in [0.25, 0.3) is 11.5 Å². The van der Waals surface area contributed by atoms with E-state index in [-0.39, 0.29) is 12.0 Å². The van der Waals surface area contributed by atoms with Crippen LogP contribution in [0.2, 0.25) is 0 Å². The number of aromatic nitrogens is 1. The Balaban J connectivity index is 1.75. The number of piperidine rings is 1. The summed E-state index contributed by atoms with van der Waals surface area (Å²) in [6, 6.07) is 8.34. The van der Waals surface area contributed by atoms with Gasteiger partial charge in [0.1, 0.15) is 5.76 Å². The molecule has 5 heteroatoms. The predicted octanol–water partition coefficient (Wildman–Crippen LogP) is 4.27. The summed E-state index contributed by atoms with van der Waals surface area (Å²) in [5.41, 5.74) is 3.14. The van der Waals surface area contributed by atoms with Crippen molar-refractivity contribution in [3.63, 3.8) is 0 Å². The summed E-state index contributed by atoms with van der Waals surface area (Å²) in [6.07, 6.45) is 3.80. The fourth-order valence-electron chi connectivity index (χ4n) is 3.61. The molecule has 0 spiro atoms. The molecule has 1 aliphatic rings. The van der Waals surface area contributed by atoms with Gasteiger partial charge in [-0.05, 0) is 51.8 Å². The zero-order chi connectivity index (χ0) is 18.5. The molecule has 2 aromatic rings. The summed E-state index contributed by atoms with van der Waals surface area (Å²) in [7, 11) is 0. The third kappa shape index (κ3) is 4.33. The number of carbonyl (C=O) groups is 1. The van der Waals surface area contributed by atoms with Crippen molar-refractivity contribution in [1.82, 2.24) is 9.88 Å². The van der Waals surface area contributed by atoms with Gasteiger partial charge in [0.05, 0.1) is 18.7 Å². The van der Waals surface area contributed by atoms with Gasteiger partial charge in [-0.15, -0.1) is 0 Å². The summed E-state index contributed by atoms with van der Waals surface area (Å²) in [4.78, 5) is 19.0. The van der Waals surface area contributed by atoms with Gasteiger partial charge in [0, 0.05) is 18.2 Å². The first-order valence-corrected chi connectivity index (χ1v) is 9.50. The third-order valence-corrected chi connectivity index (χ3v) is 5.08. The second-order valence-electron chi connectivity index (χ2n) is 6.97. The van der Waals surface area contributed by atoms with Crippen molar-refractivity contribution in [3.05, 3.63) is 41.3 Å². The van der Waals surface area contributed by atoms with Gasteiger partial charge in [-0.3, -0.25) is 9.69 Å². The second-order valence-corrected chi connectivity index (χ2v) is 6.97. The maximum atomic E-state index is 11.9. The normalized spacial score (nSPS) is 18.0. The zero-order valence-electron chi connectivity index (χ0n) is 16.0. The largest absolute Gasteiger partial charge is 0.466 e. The van der Waals surface area contributed by atoms with E-state index in [2.05, 4.69) is 17.9 Å². The molecule has 0 N–H and O–H groups in total. The van der Waals surface area contributed by atoms with E-state index in [4.69, 9.17) is 14.1 Å². The molecule has 1 aromatic carbocycles. The van der Waals surface area contributed by atoms with Gasteiger partial charge in [-0.25, -0.2) is 4.98 Å². The van der Waals surface area contributed by atoms with Crippen LogP contribution in [0.3, 0.4) is 0 Å². The van der Waals surface area contributed by atoms with Crippen LogP contribution in [0.1, 0.15) is 49.6 Å². The molecule has 0 saturated carbocycles. The summed E-state index contributed by atoms with van der Waals surface area (Å²) in [5.74, 6) is 1.42. The Morgan fingerprint density at radius 3 is 2.88 bits per heavy atom. The van der Waals surface area contributed by atoms with E-state index in [9.17, 15) is 4.79 Å². The molecular weight excluding hydrogens is 328 g/mol. The Hall–Kier alpha value is -2.14. The Morgan fingerprint density at radius 2 is 2.12 bits per heavy atom. The molecule has 1 saturated heterocycles. The van der Waals surface area contributed by atoms with Gasteiger partial charge < -0.3 is 9.15 Å². The number of rotatable bonds is 6. The van der Waals surface area contributed by atoms with Crippen LogP contribution in [0.5, 0.6) is 0 Å². The lowest BCUT2D eigenvalue weighted by molar-refractivity contribution is -0.145. The summed E-state index contributed by atoms with van der Waals surface area (Å²) in [5, 5.41) is 0. The van der Waals surface area contributed by atoms with Crippen molar-refractivity contribution in [2.45, 2.75) is 59.0 Å². The average Bonchev–Trinajstić information content (AvgIpc) is 2.98. The monoisotopic (exact) mass is 356 g/mol. The molecule has 0 aliphatic carbocycles. The van der Waals surface area contributed by atoms with E-state index in [0.717, 1.165) is 48.4 Å². The van der Waals surface area contributed by atoms with E-state index in [0.29, 0.717) is 25.5 Å². The lowest BCUT2D eigenvalue weighted by Crippen LogP contribution is -2.40. The van der Waals surface area contributed by atoms with Crippen LogP contribution in [-0.4, -0.2) is 35.0 Å². The number of likely N-dealkylation sites (tertiary alicyclic amines) is 1. The Labute approximate surface area is 155 Å². The van der Waals surface area contributed by atoms with E-state index in [1.165, 1.54) is 0 Å². The van der Waals surface area contributed by atoms with Crippen LogP contribution in [0.15, 0.2) is 28.7 Å². The Kier molecular flexibility index (Phi) is 6.09. The zero-order valence-corrected chi connectivity index (χ0v) is 16.0. The van der Waals surface area contributed by atoms with Gasteiger partial charge in [-0.2, -0.15) is 0 Å². The highest BCUT2D eigenvalue weighted by Gasteiger charge is 2.27. The van der Waals surface area contributed by atoms with Crippen LogP contribution in [0, 0.1) is 13.8 Å². The molecule has 0 radical (unpaired) electrons. The van der Waals surface area contributed by atoms with Crippen molar-refractivity contribution < 1.29 is 13.9 Å². The van der Waals surface area contributed by atoms with Gasteiger partial charge >= 0.3 is 5.97 Å². The number of hydrogen-bond donors (Lipinski definition) is 0. The number of carbonyl (C=O) groups excluding carboxylic acids is 1. The van der Waals surface area contributed by atoms with Crippen molar-refractivity contribution in [2.75, 3.05) is 13.2 Å². The maximum absolute atomic E-state index is 11.9. The number of nitrogens with zero attached hydrogens (tertiary/aromatic N) is 2. The fourth-order valence-corrected chi connectivity index (χ4v) is 3.61. The number of aryl methyl sites for hydroxylation is 2. The third-order valence-electron chi connectivity index (χ3n) is 5.08. The Morgan fingerprint density at radius 1 is 1.31 bits per heavy atom. The summed E-state index contributed by atoms with van der Waals surface area (Å²) >= 11 is 0. The van der Waals surface area contributed by atoms with Crippen molar-refractivity contribution >= 4 is 5.97 Å². The molecule has 1 aromatic heterocycles. The number of oxazole rings is 1. The average molecular weight is 356 g/mol. The highest BCUT2D eigenvalue weighted by Crippen LogP contribution is 2.27. The number of esters is 1. The minimum atomic E-state index is -0.109. The molecule has 1 fully saturated rings. The number of hydrogen-bond acceptors (Lipinski definition) is 5. The van der Waals surface area contributed by atoms with Gasteiger partial charge in [0.15, 0.2) is 0 Å². The first kappa shape index (κ1) is 18.6. The van der Waals surface area contributed by atoms with Crippen molar-refractivity contribution in [3.8, 4) is 11.5 Å². The highest BCUT2D eigenvalue weighted by molar-refractivity contribution is 5.70.